The molecule has 1 amide bonds. The first-order chi connectivity index (χ1) is 3.75. The highest BCUT2D eigenvalue weighted by Crippen LogP contribution is 2.11. The minimum atomic E-state index is 0.125. The van der Waals surface area contributed by atoms with E-state index in [9.17, 15) is 4.79 Å². The molecule has 1 aliphatic rings. The van der Waals surface area contributed by atoms with Crippen molar-refractivity contribution in [3.8, 4) is 0 Å². The molecule has 1 rings (SSSR count). The molecule has 0 unspecified atom stereocenters. The Kier molecular flexibility index (Phi) is 1.21. The summed E-state index contributed by atoms with van der Waals surface area (Å²) < 4.78 is 0. The van der Waals surface area contributed by atoms with Crippen molar-refractivity contribution in [1.82, 2.24) is 5.32 Å². The molecule has 0 aromatic carbocycles. The van der Waals surface area contributed by atoms with Gasteiger partial charge in [-0.2, -0.15) is 0 Å². The molecule has 46 valence electrons. The highest BCUT2D eigenvalue weighted by Gasteiger charge is 2.33. The van der Waals surface area contributed by atoms with Gasteiger partial charge in [-0.3, -0.25) is 4.79 Å². The summed E-state index contributed by atoms with van der Waals surface area (Å²) in [5.41, 5.74) is 5.27. The number of β-lactam (4-membered cyclic amide) rings is 1. The molecule has 0 bridgehead atoms. The molecule has 0 aromatic rings. The fourth-order valence-electron chi connectivity index (χ4n) is 0.789. The van der Waals surface area contributed by atoms with Gasteiger partial charge < -0.3 is 11.1 Å². The van der Waals surface area contributed by atoms with Gasteiger partial charge >= 0.3 is 0 Å². The van der Waals surface area contributed by atoms with Crippen molar-refractivity contribution in [3.63, 3.8) is 0 Å². The quantitative estimate of drug-likeness (QED) is 0.433. The van der Waals surface area contributed by atoms with E-state index in [0.717, 1.165) is 0 Å². The van der Waals surface area contributed by atoms with Crippen LogP contribution in [0.2, 0.25) is 0 Å². The Labute approximate surface area is 48.2 Å². The minimum absolute atomic E-state index is 0.125. The van der Waals surface area contributed by atoms with Gasteiger partial charge in [-0.05, 0) is 0 Å². The normalized spacial score (nSPS) is 36.0. The van der Waals surface area contributed by atoms with Gasteiger partial charge in [0.1, 0.15) is 0 Å². The largest absolute Gasteiger partial charge is 0.351 e. The molecule has 3 N–H and O–H groups in total. The maximum Gasteiger partial charge on any atom is 0.225 e. The lowest BCUT2D eigenvalue weighted by molar-refractivity contribution is -0.133. The van der Waals surface area contributed by atoms with Gasteiger partial charge in [-0.25, -0.2) is 0 Å². The van der Waals surface area contributed by atoms with Gasteiger partial charge in [0.2, 0.25) is 5.91 Å². The Bertz CT molecular complexity index is 113. The summed E-state index contributed by atoms with van der Waals surface area (Å²) in [6, 6.07) is 0.238. The van der Waals surface area contributed by atoms with Crippen molar-refractivity contribution < 1.29 is 4.79 Å². The van der Waals surface area contributed by atoms with Gasteiger partial charge in [0.25, 0.3) is 0 Å². The van der Waals surface area contributed by atoms with Crippen molar-refractivity contribution >= 4 is 5.91 Å². The number of nitrogens with two attached hydrogens (primary N) is 1. The Morgan fingerprint density at radius 1 is 1.88 bits per heavy atom. The first-order valence-electron chi connectivity index (χ1n) is 2.76. The van der Waals surface area contributed by atoms with E-state index in [4.69, 9.17) is 5.73 Å². The molecule has 0 saturated carbocycles. The van der Waals surface area contributed by atoms with Crippen LogP contribution in [0.25, 0.3) is 0 Å². The predicted octanol–water partition coefficient (Wildman–Crippen LogP) is -0.920. The average molecular weight is 114 g/mol. The highest BCUT2D eigenvalue weighted by molar-refractivity contribution is 5.85. The second-order valence-corrected chi connectivity index (χ2v) is 2.14. The SMILES string of the molecule is C[C@@H]1C(=O)N[C@@H]1CN. The zero-order valence-electron chi connectivity index (χ0n) is 4.85. The topological polar surface area (TPSA) is 55.1 Å². The van der Waals surface area contributed by atoms with Crippen LogP contribution >= 0.6 is 0 Å². The number of carbonyl (C=O) groups excluding carboxylic acids is 1. The fourth-order valence-corrected chi connectivity index (χ4v) is 0.789. The molecule has 1 saturated heterocycles. The second kappa shape index (κ2) is 1.74. The van der Waals surface area contributed by atoms with Crippen LogP contribution in [0, 0.1) is 5.92 Å². The monoisotopic (exact) mass is 114 g/mol. The molecule has 2 atom stereocenters. The van der Waals surface area contributed by atoms with E-state index in [-0.39, 0.29) is 17.9 Å². The summed E-state index contributed by atoms with van der Waals surface area (Å²) in [5, 5.41) is 2.68. The van der Waals surface area contributed by atoms with E-state index < -0.39 is 0 Å². The molecule has 0 aromatic heterocycles. The molecule has 3 heteroatoms. The van der Waals surface area contributed by atoms with E-state index in [1.807, 2.05) is 6.92 Å². The number of amides is 1. The lowest BCUT2D eigenvalue weighted by atomic mass is 9.93. The molecule has 1 aliphatic heterocycles. The Morgan fingerprint density at radius 2 is 2.50 bits per heavy atom. The maximum absolute atomic E-state index is 10.4. The fraction of sp³-hybridized carbons (Fsp3) is 0.800. The third-order valence-electron chi connectivity index (χ3n) is 1.60. The Hall–Kier alpha value is -0.570. The number of nitrogens with one attached hydrogen (secondary N) is 1. The molecule has 0 spiro atoms. The Morgan fingerprint density at radius 3 is 2.62 bits per heavy atom. The van der Waals surface area contributed by atoms with Crippen molar-refractivity contribution in [2.45, 2.75) is 13.0 Å². The lowest BCUT2D eigenvalue weighted by Crippen LogP contribution is -2.59. The first kappa shape index (κ1) is 5.56. The number of hydrogen-bond donors (Lipinski definition) is 2. The summed E-state index contributed by atoms with van der Waals surface area (Å²) in [6.07, 6.45) is 0. The van der Waals surface area contributed by atoms with Crippen molar-refractivity contribution in [1.29, 1.82) is 0 Å². The maximum atomic E-state index is 10.4. The van der Waals surface area contributed by atoms with Crippen LogP contribution in [0.4, 0.5) is 0 Å². The van der Waals surface area contributed by atoms with E-state index in [0.29, 0.717) is 6.54 Å². The zero-order chi connectivity index (χ0) is 6.15. The predicted molar refractivity (Wildman–Crippen MR) is 30.1 cm³/mol. The highest BCUT2D eigenvalue weighted by atomic mass is 16.2. The molecule has 0 radical (unpaired) electrons. The third-order valence-corrected chi connectivity index (χ3v) is 1.60. The lowest BCUT2D eigenvalue weighted by Gasteiger charge is -2.32. The molecule has 3 nitrogen and oxygen atoms in total. The summed E-state index contributed by atoms with van der Waals surface area (Å²) in [6.45, 7) is 2.45. The third kappa shape index (κ3) is 0.591. The summed E-state index contributed by atoms with van der Waals surface area (Å²) in [7, 11) is 0. The zero-order valence-corrected chi connectivity index (χ0v) is 4.85. The van der Waals surface area contributed by atoms with Gasteiger partial charge in [-0.15, -0.1) is 0 Å². The molecular weight excluding hydrogens is 104 g/mol. The summed E-state index contributed by atoms with van der Waals surface area (Å²) >= 11 is 0. The van der Waals surface area contributed by atoms with E-state index >= 15 is 0 Å². The summed E-state index contributed by atoms with van der Waals surface area (Å²) in [5.74, 6) is 0.264. The van der Waals surface area contributed by atoms with Gasteiger partial charge in [0, 0.05) is 6.54 Å². The number of rotatable bonds is 1. The number of hydrogen-bond acceptors (Lipinski definition) is 2. The molecular formula is C5H10N2O. The Balaban J connectivity index is 2.35. The van der Waals surface area contributed by atoms with Crippen molar-refractivity contribution in [2.75, 3.05) is 6.54 Å². The van der Waals surface area contributed by atoms with E-state index in [1.165, 1.54) is 0 Å². The van der Waals surface area contributed by atoms with Crippen LogP contribution in [0.5, 0.6) is 0 Å². The van der Waals surface area contributed by atoms with Gasteiger partial charge in [0.05, 0.1) is 12.0 Å². The van der Waals surface area contributed by atoms with Gasteiger partial charge in [0.15, 0.2) is 0 Å². The second-order valence-electron chi connectivity index (χ2n) is 2.14. The van der Waals surface area contributed by atoms with Crippen LogP contribution in [0.15, 0.2) is 0 Å². The molecule has 0 aliphatic carbocycles. The van der Waals surface area contributed by atoms with E-state index in [1.54, 1.807) is 0 Å². The van der Waals surface area contributed by atoms with Crippen LogP contribution in [-0.4, -0.2) is 18.5 Å². The van der Waals surface area contributed by atoms with Crippen LogP contribution in [0.1, 0.15) is 6.92 Å². The van der Waals surface area contributed by atoms with Crippen molar-refractivity contribution in [2.24, 2.45) is 11.7 Å². The molecule has 1 heterocycles. The standard InChI is InChI=1S/C5H10N2O/c1-3-4(2-6)7-5(3)8/h3-4H,2,6H2,1H3,(H,7,8)/t3-,4+/m0/s1. The smallest absolute Gasteiger partial charge is 0.225 e. The van der Waals surface area contributed by atoms with Gasteiger partial charge in [-0.1, -0.05) is 6.92 Å². The first-order valence-corrected chi connectivity index (χ1v) is 2.76. The summed E-state index contributed by atoms with van der Waals surface area (Å²) in [4.78, 5) is 10.4. The molecule has 8 heavy (non-hydrogen) atoms. The number of carbonyl (C=O) groups is 1. The van der Waals surface area contributed by atoms with E-state index in [2.05, 4.69) is 5.32 Å². The molecule has 1 fully saturated rings. The van der Waals surface area contributed by atoms with Crippen LogP contribution in [0.3, 0.4) is 0 Å². The minimum Gasteiger partial charge on any atom is -0.351 e. The van der Waals surface area contributed by atoms with Crippen molar-refractivity contribution in [3.05, 3.63) is 0 Å². The van der Waals surface area contributed by atoms with Crippen LogP contribution in [-0.2, 0) is 4.79 Å². The average Bonchev–Trinajstić information content (AvgIpc) is 1.81. The van der Waals surface area contributed by atoms with Crippen LogP contribution < -0.4 is 11.1 Å².